The third kappa shape index (κ3) is 2.03. The van der Waals surface area contributed by atoms with Crippen LogP contribution in [0.4, 0.5) is 19.0 Å². The van der Waals surface area contributed by atoms with Gasteiger partial charge in [0.25, 0.3) is 0 Å². The van der Waals surface area contributed by atoms with Gasteiger partial charge in [0.15, 0.2) is 11.3 Å². The van der Waals surface area contributed by atoms with E-state index in [0.29, 0.717) is 5.69 Å². The average Bonchev–Trinajstić information content (AvgIpc) is 2.90. The van der Waals surface area contributed by atoms with Gasteiger partial charge in [-0.2, -0.15) is 23.4 Å². The number of nitrogens with zero attached hydrogens (tertiary/aromatic N) is 3. The largest absolute Gasteiger partial charge is 0.436 e. The van der Waals surface area contributed by atoms with E-state index in [1.807, 2.05) is 13.0 Å². The molecule has 0 radical (unpaired) electrons. The number of nitrogen functional groups attached to an aromatic ring is 1. The number of benzene rings is 1. The zero-order valence-electron chi connectivity index (χ0n) is 11.3. The highest BCUT2D eigenvalue weighted by Crippen LogP contribution is 2.37. The Kier molecular flexibility index (Phi) is 2.72. The molecule has 0 aliphatic heterocycles. The van der Waals surface area contributed by atoms with Crippen LogP contribution in [0.2, 0.25) is 0 Å². The molecule has 3 N–H and O–H groups in total. The lowest BCUT2D eigenvalue weighted by molar-refractivity contribution is -0.140. The second-order valence-electron chi connectivity index (χ2n) is 4.88. The summed E-state index contributed by atoms with van der Waals surface area (Å²) in [5.74, 6) is -0.145. The quantitative estimate of drug-likeness (QED) is 0.725. The number of fused-ring (bicyclic) bond motifs is 1. The predicted molar refractivity (Wildman–Crippen MR) is 72.1 cm³/mol. The maximum absolute atomic E-state index is 13.1. The van der Waals surface area contributed by atoms with Crippen LogP contribution >= 0.6 is 0 Å². The van der Waals surface area contributed by atoms with E-state index in [1.54, 1.807) is 19.1 Å². The van der Waals surface area contributed by atoms with E-state index in [2.05, 4.69) is 15.3 Å². The molecule has 8 heteroatoms. The van der Waals surface area contributed by atoms with Crippen molar-refractivity contribution in [2.75, 3.05) is 5.73 Å². The lowest BCUT2D eigenvalue weighted by atomic mass is 10.1. The molecule has 0 saturated heterocycles. The molecule has 2 heterocycles. The fourth-order valence-corrected chi connectivity index (χ4v) is 2.34. The minimum Gasteiger partial charge on any atom is -0.383 e. The molecule has 0 atom stereocenters. The van der Waals surface area contributed by atoms with E-state index in [9.17, 15) is 13.2 Å². The lowest BCUT2D eigenvalue weighted by Crippen LogP contribution is -2.09. The maximum Gasteiger partial charge on any atom is 0.436 e. The first-order chi connectivity index (χ1) is 9.79. The molecule has 2 aromatic heterocycles. The number of rotatable bonds is 1. The van der Waals surface area contributed by atoms with Crippen LogP contribution in [-0.2, 0) is 6.18 Å². The summed E-state index contributed by atoms with van der Waals surface area (Å²) >= 11 is 0. The molecule has 0 fully saturated rings. The smallest absolute Gasteiger partial charge is 0.383 e. The number of aromatic amines is 1. The SMILES string of the molecule is Cc1ccc(-n2nc(C(F)(F)F)c3c(N)[nH]nc32)c(C)c1. The second-order valence-corrected chi connectivity index (χ2v) is 4.88. The van der Waals surface area contributed by atoms with Crippen molar-refractivity contribution in [3.8, 4) is 5.69 Å². The molecule has 1 aromatic carbocycles. The van der Waals surface area contributed by atoms with Gasteiger partial charge in [0.1, 0.15) is 5.82 Å². The van der Waals surface area contributed by atoms with E-state index >= 15 is 0 Å². The molecule has 0 unspecified atom stereocenters. The van der Waals surface area contributed by atoms with E-state index < -0.39 is 11.9 Å². The van der Waals surface area contributed by atoms with E-state index in [0.717, 1.165) is 11.1 Å². The predicted octanol–water partition coefficient (Wildman–Crippen LogP) is 2.97. The Hall–Kier alpha value is -2.51. The number of nitrogens with two attached hydrogens (primary N) is 1. The second kappa shape index (κ2) is 4.24. The van der Waals surface area contributed by atoms with Crippen molar-refractivity contribution in [2.45, 2.75) is 20.0 Å². The van der Waals surface area contributed by atoms with Crippen LogP contribution in [0.25, 0.3) is 16.7 Å². The zero-order valence-corrected chi connectivity index (χ0v) is 11.3. The molecule has 0 bridgehead atoms. The van der Waals surface area contributed by atoms with Crippen molar-refractivity contribution >= 4 is 16.9 Å². The van der Waals surface area contributed by atoms with Gasteiger partial charge in [-0.3, -0.25) is 5.10 Å². The molecule has 110 valence electrons. The number of hydrogen-bond acceptors (Lipinski definition) is 3. The number of halogens is 3. The number of anilines is 1. The number of aryl methyl sites for hydroxylation is 2. The zero-order chi connectivity index (χ0) is 15.4. The first-order valence-electron chi connectivity index (χ1n) is 6.16. The molecule has 3 rings (SSSR count). The molecule has 21 heavy (non-hydrogen) atoms. The highest BCUT2D eigenvalue weighted by molar-refractivity contribution is 5.90. The highest BCUT2D eigenvalue weighted by Gasteiger charge is 2.39. The van der Waals surface area contributed by atoms with Crippen LogP contribution in [0.5, 0.6) is 0 Å². The molecular formula is C13H12F3N5. The highest BCUT2D eigenvalue weighted by atomic mass is 19.4. The summed E-state index contributed by atoms with van der Waals surface area (Å²) < 4.78 is 40.5. The van der Waals surface area contributed by atoms with Crippen LogP contribution in [0.1, 0.15) is 16.8 Å². The fourth-order valence-electron chi connectivity index (χ4n) is 2.34. The fraction of sp³-hybridized carbons (Fsp3) is 0.231. The Labute approximate surface area is 117 Å². The number of H-pyrrole nitrogens is 1. The summed E-state index contributed by atoms with van der Waals surface area (Å²) in [6, 6.07) is 5.38. The number of alkyl halides is 3. The van der Waals surface area contributed by atoms with Gasteiger partial charge in [-0.1, -0.05) is 17.7 Å². The van der Waals surface area contributed by atoms with Crippen LogP contribution in [-0.4, -0.2) is 20.0 Å². The minimum absolute atomic E-state index is 0.0618. The van der Waals surface area contributed by atoms with Crippen LogP contribution in [0, 0.1) is 13.8 Å². The third-order valence-corrected chi connectivity index (χ3v) is 3.26. The molecule has 0 amide bonds. The monoisotopic (exact) mass is 295 g/mol. The Morgan fingerprint density at radius 3 is 2.57 bits per heavy atom. The van der Waals surface area contributed by atoms with Crippen molar-refractivity contribution in [3.05, 3.63) is 35.0 Å². The Balaban J connectivity index is 2.34. The topological polar surface area (TPSA) is 72.5 Å². The average molecular weight is 295 g/mol. The first-order valence-corrected chi connectivity index (χ1v) is 6.16. The van der Waals surface area contributed by atoms with Crippen molar-refractivity contribution in [1.82, 2.24) is 20.0 Å². The van der Waals surface area contributed by atoms with Crippen molar-refractivity contribution < 1.29 is 13.2 Å². The molecule has 0 spiro atoms. The van der Waals surface area contributed by atoms with E-state index in [-0.39, 0.29) is 16.9 Å². The normalized spacial score (nSPS) is 12.2. The van der Waals surface area contributed by atoms with Gasteiger partial charge >= 0.3 is 6.18 Å². The van der Waals surface area contributed by atoms with Crippen LogP contribution in [0.15, 0.2) is 18.2 Å². The van der Waals surface area contributed by atoms with Gasteiger partial charge in [0.2, 0.25) is 0 Å². The van der Waals surface area contributed by atoms with Gasteiger partial charge < -0.3 is 5.73 Å². The summed E-state index contributed by atoms with van der Waals surface area (Å²) in [4.78, 5) is 0. The molecular weight excluding hydrogens is 283 g/mol. The Bertz CT molecular complexity index is 828. The summed E-state index contributed by atoms with van der Waals surface area (Å²) in [5.41, 5.74) is 6.93. The van der Waals surface area contributed by atoms with Crippen LogP contribution < -0.4 is 5.73 Å². The number of nitrogens with one attached hydrogen (secondary N) is 1. The number of hydrogen-bond donors (Lipinski definition) is 2. The van der Waals surface area contributed by atoms with Gasteiger partial charge in [0.05, 0.1) is 11.1 Å². The molecule has 0 saturated carbocycles. The van der Waals surface area contributed by atoms with Crippen LogP contribution in [0.3, 0.4) is 0 Å². The Morgan fingerprint density at radius 1 is 1.24 bits per heavy atom. The first kappa shape index (κ1) is 13.5. The molecule has 3 aromatic rings. The molecule has 5 nitrogen and oxygen atoms in total. The van der Waals surface area contributed by atoms with Gasteiger partial charge in [-0.15, -0.1) is 0 Å². The lowest BCUT2D eigenvalue weighted by Gasteiger charge is -2.07. The van der Waals surface area contributed by atoms with Crippen molar-refractivity contribution in [1.29, 1.82) is 0 Å². The number of aromatic nitrogens is 4. The summed E-state index contributed by atoms with van der Waals surface area (Å²) in [6.45, 7) is 3.71. The standard InChI is InChI=1S/C13H12F3N5/c1-6-3-4-8(7(2)5-6)21-12-9(11(17)18-19-12)10(20-21)13(14,15)16/h3-5H,1-2H3,(H3,17,18,19). The summed E-state index contributed by atoms with van der Waals surface area (Å²) in [7, 11) is 0. The van der Waals surface area contributed by atoms with Gasteiger partial charge in [-0.25, -0.2) is 4.68 Å². The van der Waals surface area contributed by atoms with Crippen molar-refractivity contribution in [3.63, 3.8) is 0 Å². The van der Waals surface area contributed by atoms with E-state index in [4.69, 9.17) is 5.73 Å². The maximum atomic E-state index is 13.1. The molecule has 0 aliphatic carbocycles. The van der Waals surface area contributed by atoms with E-state index in [1.165, 1.54) is 4.68 Å². The van der Waals surface area contributed by atoms with Gasteiger partial charge in [0, 0.05) is 0 Å². The molecule has 0 aliphatic rings. The summed E-state index contributed by atoms with van der Waals surface area (Å²) in [6.07, 6.45) is -4.60. The van der Waals surface area contributed by atoms with Crippen molar-refractivity contribution in [2.24, 2.45) is 0 Å². The Morgan fingerprint density at radius 2 is 1.95 bits per heavy atom. The summed E-state index contributed by atoms with van der Waals surface area (Å²) in [5, 5.41) is 9.69. The minimum atomic E-state index is -4.60. The van der Waals surface area contributed by atoms with Gasteiger partial charge in [-0.05, 0) is 25.5 Å². The third-order valence-electron chi connectivity index (χ3n) is 3.26.